The summed E-state index contributed by atoms with van der Waals surface area (Å²) in [6, 6.07) is 74.0. The lowest BCUT2D eigenvalue weighted by atomic mass is 9.82. The Labute approximate surface area is 337 Å². The molecule has 0 unspecified atom stereocenters. The molecule has 0 atom stereocenters. The van der Waals surface area contributed by atoms with Gasteiger partial charge in [-0.15, -0.1) is 11.3 Å². The van der Waals surface area contributed by atoms with Gasteiger partial charge in [0.15, 0.2) is 0 Å². The highest BCUT2D eigenvalue weighted by molar-refractivity contribution is 7.25. The van der Waals surface area contributed by atoms with Crippen molar-refractivity contribution in [3.63, 3.8) is 0 Å². The van der Waals surface area contributed by atoms with Crippen LogP contribution < -0.4 is 4.90 Å². The fraction of sp³-hybridized carbons (Fsp3) is 0.0545. The van der Waals surface area contributed by atoms with E-state index in [0.717, 1.165) is 17.1 Å². The highest BCUT2D eigenvalue weighted by atomic mass is 32.1. The van der Waals surface area contributed by atoms with Crippen molar-refractivity contribution < 1.29 is 0 Å². The number of rotatable bonds is 6. The van der Waals surface area contributed by atoms with Gasteiger partial charge in [-0.1, -0.05) is 178 Å². The Kier molecular flexibility index (Phi) is 7.77. The zero-order valence-electron chi connectivity index (χ0n) is 31.9. The summed E-state index contributed by atoms with van der Waals surface area (Å²) in [6.07, 6.45) is 0. The van der Waals surface area contributed by atoms with Crippen LogP contribution in [0.3, 0.4) is 0 Å². The van der Waals surface area contributed by atoms with Crippen molar-refractivity contribution in [3.8, 4) is 44.5 Å². The molecule has 0 radical (unpaired) electrons. The highest BCUT2D eigenvalue weighted by Crippen LogP contribution is 2.54. The summed E-state index contributed by atoms with van der Waals surface area (Å²) < 4.78 is 2.63. The van der Waals surface area contributed by atoms with Gasteiger partial charge >= 0.3 is 0 Å². The summed E-state index contributed by atoms with van der Waals surface area (Å²) in [4.78, 5) is 2.50. The molecular weight excluding hydrogens is 707 g/mol. The number of fused-ring (bicyclic) bond motifs is 7. The molecule has 1 aliphatic carbocycles. The summed E-state index contributed by atoms with van der Waals surface area (Å²) >= 11 is 1.87. The fourth-order valence-corrected chi connectivity index (χ4v) is 10.5. The molecule has 0 spiro atoms. The van der Waals surface area contributed by atoms with Crippen LogP contribution in [0.15, 0.2) is 200 Å². The van der Waals surface area contributed by atoms with E-state index in [2.05, 4.69) is 219 Å². The first kappa shape index (κ1) is 33.6. The molecule has 0 saturated heterocycles. The molecule has 0 N–H and O–H groups in total. The first-order valence-electron chi connectivity index (χ1n) is 19.8. The molecule has 1 nitrogen and oxygen atoms in total. The predicted octanol–water partition coefficient (Wildman–Crippen LogP) is 16.0. The Hall–Kier alpha value is -6.74. The third kappa shape index (κ3) is 5.36. The van der Waals surface area contributed by atoms with Crippen LogP contribution in [-0.2, 0) is 5.41 Å². The summed E-state index contributed by atoms with van der Waals surface area (Å²) in [6.45, 7) is 4.73. The van der Waals surface area contributed by atoms with Crippen LogP contribution in [0.1, 0.15) is 25.0 Å². The topological polar surface area (TPSA) is 3.24 Å². The van der Waals surface area contributed by atoms with Crippen molar-refractivity contribution in [1.82, 2.24) is 0 Å². The Morgan fingerprint density at radius 1 is 0.386 bits per heavy atom. The van der Waals surface area contributed by atoms with Crippen molar-refractivity contribution in [1.29, 1.82) is 0 Å². The third-order valence-corrected chi connectivity index (χ3v) is 13.2. The van der Waals surface area contributed by atoms with Crippen LogP contribution >= 0.6 is 11.3 Å². The number of hydrogen-bond donors (Lipinski definition) is 0. The minimum Gasteiger partial charge on any atom is -0.309 e. The fourth-order valence-electron chi connectivity index (χ4n) is 9.37. The minimum atomic E-state index is -0.0959. The van der Waals surface area contributed by atoms with Gasteiger partial charge in [-0.05, 0) is 91.7 Å². The number of anilines is 3. The van der Waals surface area contributed by atoms with Gasteiger partial charge < -0.3 is 4.90 Å². The van der Waals surface area contributed by atoms with Crippen LogP contribution in [0, 0.1) is 0 Å². The van der Waals surface area contributed by atoms with Gasteiger partial charge in [-0.25, -0.2) is 0 Å². The first-order chi connectivity index (χ1) is 28.0. The van der Waals surface area contributed by atoms with Gasteiger partial charge in [0.25, 0.3) is 0 Å². The molecule has 57 heavy (non-hydrogen) atoms. The molecule has 0 aliphatic heterocycles. The second kappa shape index (κ2) is 13.2. The Balaban J connectivity index is 1.16. The maximum absolute atomic E-state index is 2.50. The van der Waals surface area contributed by atoms with Gasteiger partial charge in [-0.2, -0.15) is 0 Å². The molecule has 10 aromatic rings. The molecule has 0 amide bonds. The second-order valence-corrected chi connectivity index (χ2v) is 16.7. The molecule has 270 valence electrons. The lowest BCUT2D eigenvalue weighted by Crippen LogP contribution is -2.15. The van der Waals surface area contributed by atoms with Gasteiger partial charge in [-0.3, -0.25) is 0 Å². The second-order valence-electron chi connectivity index (χ2n) is 15.7. The maximum atomic E-state index is 2.50. The number of thiophene rings is 1. The monoisotopic (exact) mass is 745 g/mol. The van der Waals surface area contributed by atoms with Gasteiger partial charge in [0.1, 0.15) is 0 Å². The van der Waals surface area contributed by atoms with Crippen LogP contribution in [0.4, 0.5) is 17.1 Å². The van der Waals surface area contributed by atoms with E-state index >= 15 is 0 Å². The molecule has 0 bridgehead atoms. The zero-order valence-corrected chi connectivity index (χ0v) is 32.7. The molecule has 11 rings (SSSR count). The number of hydrogen-bond acceptors (Lipinski definition) is 2. The van der Waals surface area contributed by atoms with Crippen LogP contribution in [0.2, 0.25) is 0 Å². The van der Waals surface area contributed by atoms with E-state index in [0.29, 0.717) is 0 Å². The van der Waals surface area contributed by atoms with E-state index < -0.39 is 0 Å². The van der Waals surface area contributed by atoms with Crippen LogP contribution in [-0.4, -0.2) is 0 Å². The van der Waals surface area contributed by atoms with Gasteiger partial charge in [0.05, 0.1) is 11.4 Å². The molecule has 1 aromatic heterocycles. The predicted molar refractivity (Wildman–Crippen MR) is 245 cm³/mol. The average Bonchev–Trinajstić information content (AvgIpc) is 3.75. The van der Waals surface area contributed by atoms with Gasteiger partial charge in [0, 0.05) is 42.4 Å². The lowest BCUT2D eigenvalue weighted by molar-refractivity contribution is 0.660. The maximum Gasteiger partial charge on any atom is 0.0540 e. The van der Waals surface area contributed by atoms with Crippen molar-refractivity contribution in [3.05, 3.63) is 211 Å². The minimum absolute atomic E-state index is 0.0959. The Morgan fingerprint density at radius 2 is 0.947 bits per heavy atom. The largest absolute Gasteiger partial charge is 0.309 e. The molecular formula is C55H39NS. The van der Waals surface area contributed by atoms with Crippen LogP contribution in [0.5, 0.6) is 0 Å². The zero-order chi connectivity index (χ0) is 38.1. The number of para-hydroxylation sites is 2. The Morgan fingerprint density at radius 3 is 1.79 bits per heavy atom. The highest BCUT2D eigenvalue weighted by Gasteiger charge is 2.37. The van der Waals surface area contributed by atoms with Crippen LogP contribution in [0.25, 0.3) is 75.5 Å². The van der Waals surface area contributed by atoms with E-state index in [4.69, 9.17) is 0 Å². The normalized spacial score (nSPS) is 12.9. The number of nitrogens with zero attached hydrogens (tertiary/aromatic N) is 1. The quantitative estimate of drug-likeness (QED) is 0.164. The van der Waals surface area contributed by atoms with Crippen molar-refractivity contribution in [2.45, 2.75) is 19.3 Å². The summed E-state index contributed by atoms with van der Waals surface area (Å²) in [5.41, 5.74) is 15.9. The van der Waals surface area contributed by atoms with Crippen molar-refractivity contribution >= 4 is 59.3 Å². The van der Waals surface area contributed by atoms with E-state index in [9.17, 15) is 0 Å². The van der Waals surface area contributed by atoms with E-state index in [1.54, 1.807) is 0 Å². The Bertz CT molecular complexity index is 3180. The van der Waals surface area contributed by atoms with E-state index in [1.807, 2.05) is 11.3 Å². The first-order valence-corrected chi connectivity index (χ1v) is 20.6. The molecule has 0 fully saturated rings. The standard InChI is InChI=1S/C55H39NS/c1-55(2)48-27-9-5-24-47(48)54-46(26-15-28-49(54)55)43-22-7-11-30-51(43)56(50-29-10-6-21-42(50)41-25-14-17-36-16-3-4-20-40(36)41)39-19-13-18-37(34-39)38-32-33-45-44-23-8-12-31-52(44)57-53(45)35-38/h3-35H,1-2H3. The SMILES string of the molecule is CC1(C)c2ccccc2-c2c(-c3ccccc3N(c3cccc(-c4ccc5c(c4)sc4ccccc45)c3)c3ccccc3-c3cccc4ccccc34)cccc21. The van der Waals surface area contributed by atoms with E-state index in [-0.39, 0.29) is 5.41 Å². The average molecular weight is 746 g/mol. The molecule has 9 aromatic carbocycles. The lowest BCUT2D eigenvalue weighted by Gasteiger charge is -2.31. The summed E-state index contributed by atoms with van der Waals surface area (Å²) in [5, 5.41) is 5.11. The number of benzene rings is 9. The van der Waals surface area contributed by atoms with Gasteiger partial charge in [0.2, 0.25) is 0 Å². The third-order valence-electron chi connectivity index (χ3n) is 12.1. The van der Waals surface area contributed by atoms with Crippen molar-refractivity contribution in [2.75, 3.05) is 4.90 Å². The molecule has 0 saturated carbocycles. The van der Waals surface area contributed by atoms with E-state index in [1.165, 1.54) is 86.6 Å². The summed E-state index contributed by atoms with van der Waals surface area (Å²) in [5.74, 6) is 0. The molecule has 1 aliphatic rings. The summed E-state index contributed by atoms with van der Waals surface area (Å²) in [7, 11) is 0. The molecule has 2 heteroatoms. The molecule has 1 heterocycles. The smallest absolute Gasteiger partial charge is 0.0540 e. The van der Waals surface area contributed by atoms with Crippen molar-refractivity contribution in [2.24, 2.45) is 0 Å².